The van der Waals surface area contributed by atoms with Crippen molar-refractivity contribution in [1.29, 1.82) is 0 Å². The van der Waals surface area contributed by atoms with E-state index in [1.54, 1.807) is 31.2 Å². The van der Waals surface area contributed by atoms with Crippen LogP contribution in [-0.2, 0) is 4.74 Å². The fraction of sp³-hybridized carbons (Fsp3) is 0.619. The lowest BCUT2D eigenvalue weighted by atomic mass is 9.85. The molecule has 0 saturated heterocycles. The first-order valence-corrected chi connectivity index (χ1v) is 9.36. The maximum atomic E-state index is 12.6. The van der Waals surface area contributed by atoms with Crippen LogP contribution < -0.4 is 0 Å². The van der Waals surface area contributed by atoms with Crippen LogP contribution in [0.5, 0.6) is 0 Å². The predicted molar refractivity (Wildman–Crippen MR) is 98.4 cm³/mol. The lowest BCUT2D eigenvalue weighted by Crippen LogP contribution is -2.14. The third-order valence-electron chi connectivity index (χ3n) is 4.90. The van der Waals surface area contributed by atoms with E-state index in [1.165, 1.54) is 19.3 Å². The van der Waals surface area contributed by atoms with Gasteiger partial charge in [0, 0.05) is 12.0 Å². The van der Waals surface area contributed by atoms with Gasteiger partial charge in [0.25, 0.3) is 0 Å². The quantitative estimate of drug-likeness (QED) is 0.387. The molecular weight excluding hydrogens is 300 g/mol. The van der Waals surface area contributed by atoms with Gasteiger partial charge < -0.3 is 4.74 Å². The number of ether oxygens (including phenoxy) is 1. The molecule has 0 radical (unpaired) electrons. The van der Waals surface area contributed by atoms with Crippen LogP contribution in [0.25, 0.3) is 0 Å². The van der Waals surface area contributed by atoms with Crippen molar-refractivity contribution >= 4 is 11.8 Å². The van der Waals surface area contributed by atoms with Crippen molar-refractivity contribution in [3.63, 3.8) is 0 Å². The lowest BCUT2D eigenvalue weighted by Gasteiger charge is -2.20. The molecule has 0 fully saturated rings. The summed E-state index contributed by atoms with van der Waals surface area (Å²) in [6.45, 7) is 8.76. The predicted octanol–water partition coefficient (Wildman–Crippen LogP) is 5.68. The average molecular weight is 332 g/mol. The maximum absolute atomic E-state index is 12.6. The zero-order chi connectivity index (χ0) is 17.9. The van der Waals surface area contributed by atoms with Crippen LogP contribution in [0, 0.1) is 11.8 Å². The highest BCUT2D eigenvalue weighted by Gasteiger charge is 2.19. The van der Waals surface area contributed by atoms with Crippen molar-refractivity contribution in [2.45, 2.75) is 66.2 Å². The van der Waals surface area contributed by atoms with Gasteiger partial charge in [0.05, 0.1) is 12.2 Å². The molecule has 0 N–H and O–H groups in total. The van der Waals surface area contributed by atoms with Crippen molar-refractivity contribution < 1.29 is 14.3 Å². The standard InChI is InChI=1S/C21H32O3/c1-5-16(6-2)15-17(7-3)13-14-20(22)18-11-9-10-12-19(18)21(23)24-8-4/h9-12,16-17H,5-8,13-15H2,1-4H3. The number of hydrogen-bond donors (Lipinski definition) is 0. The minimum atomic E-state index is -0.412. The molecule has 1 aromatic carbocycles. The Kier molecular flexibility index (Phi) is 9.36. The molecule has 0 aromatic heterocycles. The van der Waals surface area contributed by atoms with E-state index in [-0.39, 0.29) is 5.78 Å². The lowest BCUT2D eigenvalue weighted by molar-refractivity contribution is 0.0523. The summed E-state index contributed by atoms with van der Waals surface area (Å²) in [5.74, 6) is 0.956. The summed E-state index contributed by atoms with van der Waals surface area (Å²) in [4.78, 5) is 24.6. The molecular formula is C21H32O3. The van der Waals surface area contributed by atoms with Gasteiger partial charge in [-0.25, -0.2) is 4.79 Å². The third kappa shape index (κ3) is 6.10. The summed E-state index contributed by atoms with van der Waals surface area (Å²) >= 11 is 0. The molecule has 0 aliphatic rings. The van der Waals surface area contributed by atoms with Gasteiger partial charge in [0.15, 0.2) is 5.78 Å². The Balaban J connectivity index is 2.72. The van der Waals surface area contributed by atoms with Crippen molar-refractivity contribution in [1.82, 2.24) is 0 Å². The Morgan fingerprint density at radius 1 is 0.917 bits per heavy atom. The largest absolute Gasteiger partial charge is 0.462 e. The summed E-state index contributed by atoms with van der Waals surface area (Å²) < 4.78 is 5.06. The SMILES string of the molecule is CCOC(=O)c1ccccc1C(=O)CCC(CC)CC(CC)CC. The van der Waals surface area contributed by atoms with Crippen LogP contribution in [0.1, 0.15) is 86.9 Å². The minimum Gasteiger partial charge on any atom is -0.462 e. The fourth-order valence-corrected chi connectivity index (χ4v) is 3.17. The molecule has 0 aliphatic heterocycles. The van der Waals surface area contributed by atoms with Gasteiger partial charge in [-0.05, 0) is 37.7 Å². The molecule has 1 rings (SSSR count). The normalized spacial score (nSPS) is 12.2. The van der Waals surface area contributed by atoms with E-state index >= 15 is 0 Å². The minimum absolute atomic E-state index is 0.0432. The van der Waals surface area contributed by atoms with E-state index in [4.69, 9.17) is 4.74 Å². The van der Waals surface area contributed by atoms with Crippen LogP contribution in [0.2, 0.25) is 0 Å². The average Bonchev–Trinajstić information content (AvgIpc) is 2.62. The number of Topliss-reactive ketones (excluding diaryl/α,β-unsaturated/α-hetero) is 1. The van der Waals surface area contributed by atoms with E-state index in [2.05, 4.69) is 20.8 Å². The van der Waals surface area contributed by atoms with Gasteiger partial charge in [-0.15, -0.1) is 0 Å². The Morgan fingerprint density at radius 2 is 1.50 bits per heavy atom. The molecule has 1 aromatic rings. The fourth-order valence-electron chi connectivity index (χ4n) is 3.17. The highest BCUT2D eigenvalue weighted by atomic mass is 16.5. The van der Waals surface area contributed by atoms with Crippen molar-refractivity contribution in [3.8, 4) is 0 Å². The van der Waals surface area contributed by atoms with Crippen molar-refractivity contribution in [3.05, 3.63) is 35.4 Å². The monoisotopic (exact) mass is 332 g/mol. The molecule has 24 heavy (non-hydrogen) atoms. The molecule has 0 aliphatic carbocycles. The van der Waals surface area contributed by atoms with Gasteiger partial charge in [0.1, 0.15) is 0 Å². The van der Waals surface area contributed by atoms with Gasteiger partial charge in [-0.2, -0.15) is 0 Å². The topological polar surface area (TPSA) is 43.4 Å². The second-order valence-electron chi connectivity index (χ2n) is 6.42. The zero-order valence-corrected chi connectivity index (χ0v) is 15.6. The molecule has 1 atom stereocenters. The van der Waals surface area contributed by atoms with E-state index in [0.717, 1.165) is 18.8 Å². The van der Waals surface area contributed by atoms with E-state index in [0.29, 0.717) is 30.1 Å². The zero-order valence-electron chi connectivity index (χ0n) is 15.6. The Bertz CT molecular complexity index is 518. The molecule has 0 saturated carbocycles. The Hall–Kier alpha value is -1.64. The summed E-state index contributed by atoms with van der Waals surface area (Å²) in [6, 6.07) is 6.98. The summed E-state index contributed by atoms with van der Waals surface area (Å²) in [7, 11) is 0. The van der Waals surface area contributed by atoms with Gasteiger partial charge in [0.2, 0.25) is 0 Å². The van der Waals surface area contributed by atoms with Gasteiger partial charge in [-0.1, -0.05) is 58.2 Å². The molecule has 3 nitrogen and oxygen atoms in total. The van der Waals surface area contributed by atoms with Gasteiger partial charge in [-0.3, -0.25) is 4.79 Å². The Labute approximate surface area is 146 Å². The van der Waals surface area contributed by atoms with E-state index in [1.807, 2.05) is 0 Å². The van der Waals surface area contributed by atoms with Crippen LogP contribution in [-0.4, -0.2) is 18.4 Å². The number of carbonyl (C=O) groups is 2. The van der Waals surface area contributed by atoms with Crippen LogP contribution in [0.4, 0.5) is 0 Å². The first-order valence-electron chi connectivity index (χ1n) is 9.36. The van der Waals surface area contributed by atoms with Crippen LogP contribution >= 0.6 is 0 Å². The van der Waals surface area contributed by atoms with Crippen molar-refractivity contribution in [2.75, 3.05) is 6.61 Å². The molecule has 1 unspecified atom stereocenters. The molecule has 3 heteroatoms. The summed E-state index contributed by atoms with van der Waals surface area (Å²) in [5.41, 5.74) is 0.880. The highest BCUT2D eigenvalue weighted by molar-refractivity contribution is 6.06. The number of esters is 1. The molecule has 134 valence electrons. The van der Waals surface area contributed by atoms with Crippen molar-refractivity contribution in [2.24, 2.45) is 11.8 Å². The second-order valence-corrected chi connectivity index (χ2v) is 6.42. The van der Waals surface area contributed by atoms with Gasteiger partial charge >= 0.3 is 5.97 Å². The Morgan fingerprint density at radius 3 is 2.04 bits per heavy atom. The number of rotatable bonds is 11. The smallest absolute Gasteiger partial charge is 0.338 e. The highest BCUT2D eigenvalue weighted by Crippen LogP contribution is 2.26. The van der Waals surface area contributed by atoms with E-state index < -0.39 is 5.97 Å². The first-order chi connectivity index (χ1) is 11.6. The number of hydrogen-bond acceptors (Lipinski definition) is 3. The number of ketones is 1. The van der Waals surface area contributed by atoms with Crippen LogP contribution in [0.15, 0.2) is 24.3 Å². The molecule has 0 heterocycles. The third-order valence-corrected chi connectivity index (χ3v) is 4.90. The molecule has 0 amide bonds. The van der Waals surface area contributed by atoms with E-state index in [9.17, 15) is 9.59 Å². The second kappa shape index (κ2) is 11.0. The van der Waals surface area contributed by atoms with Crippen LogP contribution in [0.3, 0.4) is 0 Å². The maximum Gasteiger partial charge on any atom is 0.338 e. The summed E-state index contributed by atoms with van der Waals surface area (Å²) in [5, 5.41) is 0. The first kappa shape index (κ1) is 20.4. The molecule has 0 bridgehead atoms. The molecule has 0 spiro atoms. The summed E-state index contributed by atoms with van der Waals surface area (Å²) in [6.07, 6.45) is 6.08. The number of benzene rings is 1. The number of carbonyl (C=O) groups excluding carboxylic acids is 2.